The first kappa shape index (κ1) is 24.0. The van der Waals surface area contributed by atoms with Gasteiger partial charge in [-0.15, -0.1) is 0 Å². The Morgan fingerprint density at radius 3 is 2.62 bits per heavy atom. The van der Waals surface area contributed by atoms with Gasteiger partial charge in [-0.1, -0.05) is 24.3 Å². The van der Waals surface area contributed by atoms with Gasteiger partial charge in [0.15, 0.2) is 0 Å². The van der Waals surface area contributed by atoms with Crippen LogP contribution >= 0.6 is 0 Å². The van der Waals surface area contributed by atoms with Crippen LogP contribution in [0.15, 0.2) is 42.6 Å². The molecule has 0 bridgehead atoms. The maximum Gasteiger partial charge on any atom is 0.421 e. The average Bonchev–Trinajstić information content (AvgIpc) is 2.76. The fourth-order valence-corrected chi connectivity index (χ4v) is 4.29. The first-order chi connectivity index (χ1) is 15.0. The summed E-state index contributed by atoms with van der Waals surface area (Å²) in [6.07, 6.45) is -2.55. The number of nitrogens with one attached hydrogen (secondary N) is 1. The number of hydrogen-bond acceptors (Lipinski definition) is 4. The number of likely N-dealkylation sites (N-methyl/N-ethyl adjacent to an activating group) is 1. The molecular formula is C24H30F3N3O2. The molecule has 174 valence electrons. The van der Waals surface area contributed by atoms with Crippen molar-refractivity contribution in [1.29, 1.82) is 0 Å². The van der Waals surface area contributed by atoms with E-state index in [1.165, 1.54) is 23.4 Å². The highest BCUT2D eigenvalue weighted by Crippen LogP contribution is 2.36. The van der Waals surface area contributed by atoms with Crippen LogP contribution in [0.1, 0.15) is 42.9 Å². The Bertz CT molecular complexity index is 946. The van der Waals surface area contributed by atoms with E-state index in [0.717, 1.165) is 25.6 Å². The van der Waals surface area contributed by atoms with Crippen LogP contribution in [0.25, 0.3) is 0 Å². The van der Waals surface area contributed by atoms with Crippen LogP contribution in [0.3, 0.4) is 0 Å². The van der Waals surface area contributed by atoms with Gasteiger partial charge in [-0.2, -0.15) is 13.2 Å². The first-order valence-electron chi connectivity index (χ1n) is 10.7. The lowest BCUT2D eigenvalue weighted by Crippen LogP contribution is -2.53. The zero-order valence-electron chi connectivity index (χ0n) is 18.9. The number of nitrogens with zero attached hydrogens (tertiary/aromatic N) is 2. The summed E-state index contributed by atoms with van der Waals surface area (Å²) < 4.78 is 45.1. The topological polar surface area (TPSA) is 54.5 Å². The molecule has 0 radical (unpaired) electrons. The van der Waals surface area contributed by atoms with Crippen molar-refractivity contribution in [2.45, 2.75) is 45.3 Å². The SMILES string of the molecule is Cc1ccccc1[C@H]1CNCC[C@@H]1N(C)C(=O)C(C)(C)COc1ncccc1C(F)(F)F. The number of rotatable bonds is 6. The second kappa shape index (κ2) is 9.48. The third-order valence-corrected chi connectivity index (χ3v) is 6.08. The van der Waals surface area contributed by atoms with Crippen molar-refractivity contribution in [1.82, 2.24) is 15.2 Å². The summed E-state index contributed by atoms with van der Waals surface area (Å²) in [5, 5.41) is 3.41. The molecule has 0 saturated carbocycles. The van der Waals surface area contributed by atoms with Crippen molar-refractivity contribution < 1.29 is 22.7 Å². The number of aryl methyl sites for hydroxylation is 1. The van der Waals surface area contributed by atoms with Crippen LogP contribution in [0.2, 0.25) is 0 Å². The van der Waals surface area contributed by atoms with Crippen LogP contribution in [0.5, 0.6) is 5.88 Å². The van der Waals surface area contributed by atoms with Crippen molar-refractivity contribution in [3.63, 3.8) is 0 Å². The van der Waals surface area contributed by atoms with Crippen LogP contribution in [-0.2, 0) is 11.0 Å². The zero-order chi connectivity index (χ0) is 23.5. The predicted octanol–water partition coefficient (Wildman–Crippen LogP) is 4.42. The highest BCUT2D eigenvalue weighted by atomic mass is 19.4. The average molecular weight is 450 g/mol. The number of alkyl halides is 3. The maximum absolute atomic E-state index is 13.4. The molecule has 0 aliphatic carbocycles. The summed E-state index contributed by atoms with van der Waals surface area (Å²) >= 11 is 0. The molecule has 2 aromatic rings. The molecule has 0 unspecified atom stereocenters. The van der Waals surface area contributed by atoms with E-state index in [2.05, 4.69) is 29.4 Å². The number of amides is 1. The molecule has 1 amide bonds. The lowest BCUT2D eigenvalue weighted by Gasteiger charge is -2.42. The minimum Gasteiger partial charge on any atom is -0.476 e. The van der Waals surface area contributed by atoms with Crippen molar-refractivity contribution in [2.24, 2.45) is 5.41 Å². The number of carbonyl (C=O) groups excluding carboxylic acids is 1. The smallest absolute Gasteiger partial charge is 0.421 e. The minimum absolute atomic E-state index is 0.0234. The van der Waals surface area contributed by atoms with Crippen LogP contribution < -0.4 is 10.1 Å². The molecule has 32 heavy (non-hydrogen) atoms. The van der Waals surface area contributed by atoms with Gasteiger partial charge in [0.1, 0.15) is 12.2 Å². The molecule has 2 atom stereocenters. The molecule has 3 rings (SSSR count). The molecular weight excluding hydrogens is 419 g/mol. The number of hydrogen-bond donors (Lipinski definition) is 1. The van der Waals surface area contributed by atoms with Crippen LogP contribution in [0.4, 0.5) is 13.2 Å². The molecule has 8 heteroatoms. The molecule has 1 aromatic carbocycles. The molecule has 2 heterocycles. The lowest BCUT2D eigenvalue weighted by atomic mass is 9.82. The quantitative estimate of drug-likeness (QED) is 0.710. The summed E-state index contributed by atoms with van der Waals surface area (Å²) in [4.78, 5) is 18.9. The Labute approximate surface area is 187 Å². The number of carbonyl (C=O) groups is 1. The molecule has 1 fully saturated rings. The Hall–Kier alpha value is -2.61. The second-order valence-electron chi connectivity index (χ2n) is 8.97. The molecule has 1 aromatic heterocycles. The molecule has 1 N–H and O–H groups in total. The molecule has 1 saturated heterocycles. The number of pyridine rings is 1. The number of ether oxygens (including phenoxy) is 1. The molecule has 1 aliphatic rings. The van der Waals surface area contributed by atoms with E-state index in [0.29, 0.717) is 0 Å². The normalized spacial score (nSPS) is 19.5. The van der Waals surface area contributed by atoms with E-state index in [1.54, 1.807) is 25.8 Å². The minimum atomic E-state index is -4.58. The van der Waals surface area contributed by atoms with Gasteiger partial charge in [0, 0.05) is 31.7 Å². The van der Waals surface area contributed by atoms with E-state index in [1.807, 2.05) is 12.1 Å². The summed E-state index contributed by atoms with van der Waals surface area (Å²) in [5.74, 6) is -0.557. The summed E-state index contributed by atoms with van der Waals surface area (Å²) in [7, 11) is 1.77. The van der Waals surface area contributed by atoms with Gasteiger partial charge in [0.2, 0.25) is 11.8 Å². The standard InChI is InChI=1S/C24H30F3N3O2/c1-16-8-5-6-9-17(16)18-14-28-13-11-20(18)30(4)22(31)23(2,3)15-32-21-19(24(25,26)27)10-7-12-29-21/h5-10,12,18,20,28H,11,13-15H2,1-4H3/t18-,20+/m1/s1. The summed E-state index contributed by atoms with van der Waals surface area (Å²) in [6, 6.07) is 10.3. The zero-order valence-corrected chi connectivity index (χ0v) is 18.9. The molecule has 1 aliphatic heterocycles. The fraction of sp³-hybridized carbons (Fsp3) is 0.500. The highest BCUT2D eigenvalue weighted by Gasteiger charge is 2.40. The van der Waals surface area contributed by atoms with E-state index in [4.69, 9.17) is 4.74 Å². The third kappa shape index (κ3) is 5.23. The van der Waals surface area contributed by atoms with Gasteiger partial charge in [0.25, 0.3) is 0 Å². The molecule has 5 nitrogen and oxygen atoms in total. The van der Waals surface area contributed by atoms with Crippen LogP contribution in [0, 0.1) is 12.3 Å². The van der Waals surface area contributed by atoms with Gasteiger partial charge in [-0.3, -0.25) is 4.79 Å². The van der Waals surface area contributed by atoms with Crippen molar-refractivity contribution in [3.05, 3.63) is 59.3 Å². The summed E-state index contributed by atoms with van der Waals surface area (Å²) in [6.45, 7) is 6.77. The highest BCUT2D eigenvalue weighted by molar-refractivity contribution is 5.82. The van der Waals surface area contributed by atoms with Crippen molar-refractivity contribution in [3.8, 4) is 5.88 Å². The molecule has 0 spiro atoms. The monoisotopic (exact) mass is 449 g/mol. The van der Waals surface area contributed by atoms with E-state index >= 15 is 0 Å². The van der Waals surface area contributed by atoms with Crippen molar-refractivity contribution >= 4 is 5.91 Å². The number of halogens is 3. The number of benzene rings is 1. The Morgan fingerprint density at radius 2 is 1.94 bits per heavy atom. The second-order valence-corrected chi connectivity index (χ2v) is 8.97. The Kier molecular flexibility index (Phi) is 7.12. The number of aromatic nitrogens is 1. The third-order valence-electron chi connectivity index (χ3n) is 6.08. The van der Waals surface area contributed by atoms with E-state index in [9.17, 15) is 18.0 Å². The Morgan fingerprint density at radius 1 is 1.22 bits per heavy atom. The predicted molar refractivity (Wildman–Crippen MR) is 116 cm³/mol. The van der Waals surface area contributed by atoms with E-state index in [-0.39, 0.29) is 24.5 Å². The fourth-order valence-electron chi connectivity index (χ4n) is 4.29. The van der Waals surface area contributed by atoms with Crippen LogP contribution in [-0.4, -0.2) is 48.6 Å². The van der Waals surface area contributed by atoms with Gasteiger partial charge < -0.3 is 15.0 Å². The Balaban J connectivity index is 1.76. The largest absolute Gasteiger partial charge is 0.476 e. The first-order valence-corrected chi connectivity index (χ1v) is 10.7. The van der Waals surface area contributed by atoms with Gasteiger partial charge in [-0.05, 0) is 57.0 Å². The maximum atomic E-state index is 13.4. The lowest BCUT2D eigenvalue weighted by molar-refractivity contribution is -0.144. The van der Waals surface area contributed by atoms with Gasteiger partial charge in [-0.25, -0.2) is 4.98 Å². The van der Waals surface area contributed by atoms with E-state index < -0.39 is 23.0 Å². The summed E-state index contributed by atoms with van der Waals surface area (Å²) in [5.41, 5.74) is 0.386. The number of piperidine rings is 1. The van der Waals surface area contributed by atoms with Crippen molar-refractivity contribution in [2.75, 3.05) is 26.7 Å². The van der Waals surface area contributed by atoms with Gasteiger partial charge in [0.05, 0.1) is 5.41 Å². The van der Waals surface area contributed by atoms with Gasteiger partial charge >= 0.3 is 6.18 Å².